The quantitative estimate of drug-likeness (QED) is 0.480. The molecule has 0 aliphatic rings. The zero-order chi connectivity index (χ0) is 14.5. The highest BCUT2D eigenvalue weighted by Crippen LogP contribution is 2.27. The summed E-state index contributed by atoms with van der Waals surface area (Å²) in [5.41, 5.74) is 0.467. The second-order valence-electron chi connectivity index (χ2n) is 3.82. The number of aldehydes is 1. The van der Waals surface area contributed by atoms with E-state index in [2.05, 4.69) is 4.98 Å². The third kappa shape index (κ3) is 3.10. The molecule has 0 saturated heterocycles. The number of halogens is 1. The summed E-state index contributed by atoms with van der Waals surface area (Å²) < 4.78 is 5.40. The highest BCUT2D eigenvalue weighted by atomic mass is 35.5. The van der Waals surface area contributed by atoms with Crippen molar-refractivity contribution in [3.8, 4) is 5.75 Å². The van der Waals surface area contributed by atoms with Gasteiger partial charge in [0, 0.05) is 6.07 Å². The monoisotopic (exact) mass is 292 g/mol. The smallest absolute Gasteiger partial charge is 0.277 e. The summed E-state index contributed by atoms with van der Waals surface area (Å²) in [7, 11) is 0. The van der Waals surface area contributed by atoms with Crippen molar-refractivity contribution in [3.63, 3.8) is 0 Å². The standard InChI is InChI=1S/C13H9ClN2O4/c14-12-2-1-3-13(16(18)19)11(12)8-20-10-5-4-9(7-17)15-6-10/h1-7H,8H2. The van der Waals surface area contributed by atoms with Gasteiger partial charge < -0.3 is 4.74 Å². The molecule has 0 radical (unpaired) electrons. The van der Waals surface area contributed by atoms with Gasteiger partial charge in [-0.15, -0.1) is 0 Å². The lowest BCUT2D eigenvalue weighted by atomic mass is 10.2. The maximum Gasteiger partial charge on any atom is 0.277 e. The van der Waals surface area contributed by atoms with Gasteiger partial charge in [0.2, 0.25) is 0 Å². The first-order valence-corrected chi connectivity index (χ1v) is 5.95. The Balaban J connectivity index is 2.17. The van der Waals surface area contributed by atoms with Gasteiger partial charge in [-0.1, -0.05) is 17.7 Å². The average molecular weight is 293 g/mol. The molecular weight excluding hydrogens is 284 g/mol. The van der Waals surface area contributed by atoms with E-state index in [1.807, 2.05) is 0 Å². The van der Waals surface area contributed by atoms with Crippen molar-refractivity contribution in [2.24, 2.45) is 0 Å². The van der Waals surface area contributed by atoms with Crippen LogP contribution in [0.15, 0.2) is 36.5 Å². The number of nitro benzene ring substituents is 1. The molecule has 0 unspecified atom stereocenters. The van der Waals surface area contributed by atoms with Crippen LogP contribution in [0.5, 0.6) is 5.75 Å². The fourth-order valence-corrected chi connectivity index (χ4v) is 1.79. The lowest BCUT2D eigenvalue weighted by Crippen LogP contribution is -2.02. The van der Waals surface area contributed by atoms with Crippen LogP contribution in [0.4, 0.5) is 5.69 Å². The Morgan fingerprint density at radius 2 is 2.15 bits per heavy atom. The number of hydrogen-bond donors (Lipinski definition) is 0. The molecule has 0 aliphatic heterocycles. The number of nitrogens with zero attached hydrogens (tertiary/aromatic N) is 2. The first-order chi connectivity index (χ1) is 9.61. The number of rotatable bonds is 5. The summed E-state index contributed by atoms with van der Waals surface area (Å²) in [6, 6.07) is 7.46. The minimum atomic E-state index is -0.516. The molecule has 0 bridgehead atoms. The SMILES string of the molecule is O=Cc1ccc(OCc2c(Cl)cccc2[N+](=O)[O-])cn1. The molecule has 0 atom stereocenters. The zero-order valence-electron chi connectivity index (χ0n) is 10.2. The Labute approximate surface area is 119 Å². The van der Waals surface area contributed by atoms with Gasteiger partial charge in [-0.3, -0.25) is 14.9 Å². The molecule has 102 valence electrons. The van der Waals surface area contributed by atoms with Gasteiger partial charge in [-0.2, -0.15) is 0 Å². The molecule has 0 N–H and O–H groups in total. The van der Waals surface area contributed by atoms with E-state index < -0.39 is 4.92 Å². The van der Waals surface area contributed by atoms with E-state index in [1.165, 1.54) is 24.4 Å². The highest BCUT2D eigenvalue weighted by Gasteiger charge is 2.17. The average Bonchev–Trinajstić information content (AvgIpc) is 2.46. The summed E-state index contributed by atoms with van der Waals surface area (Å²) >= 11 is 5.94. The largest absolute Gasteiger partial charge is 0.487 e. The van der Waals surface area contributed by atoms with Crippen LogP contribution in [-0.4, -0.2) is 16.2 Å². The van der Waals surface area contributed by atoms with Crippen molar-refractivity contribution < 1.29 is 14.5 Å². The molecule has 7 heteroatoms. The fourth-order valence-electron chi connectivity index (χ4n) is 1.56. The second kappa shape index (κ2) is 6.12. The molecule has 0 spiro atoms. The third-order valence-electron chi connectivity index (χ3n) is 2.55. The van der Waals surface area contributed by atoms with E-state index in [9.17, 15) is 14.9 Å². The lowest BCUT2D eigenvalue weighted by Gasteiger charge is -2.08. The van der Waals surface area contributed by atoms with Crippen LogP contribution in [0.1, 0.15) is 16.1 Å². The summed E-state index contributed by atoms with van der Waals surface area (Å²) in [6.07, 6.45) is 1.98. The molecule has 2 rings (SSSR count). The number of nitro groups is 1. The van der Waals surface area contributed by atoms with Crippen LogP contribution >= 0.6 is 11.6 Å². The Kier molecular flexibility index (Phi) is 4.27. The van der Waals surface area contributed by atoms with Gasteiger partial charge >= 0.3 is 0 Å². The molecule has 1 heterocycles. The van der Waals surface area contributed by atoms with Crippen LogP contribution in [0, 0.1) is 10.1 Å². The van der Waals surface area contributed by atoms with Crippen molar-refractivity contribution in [3.05, 3.63) is 62.9 Å². The van der Waals surface area contributed by atoms with Crippen molar-refractivity contribution in [1.82, 2.24) is 4.98 Å². The molecule has 2 aromatic rings. The summed E-state index contributed by atoms with van der Waals surface area (Å²) in [5.74, 6) is 0.393. The van der Waals surface area contributed by atoms with Crippen LogP contribution < -0.4 is 4.74 Å². The zero-order valence-corrected chi connectivity index (χ0v) is 10.9. The van der Waals surface area contributed by atoms with E-state index in [0.29, 0.717) is 17.6 Å². The van der Waals surface area contributed by atoms with E-state index in [0.717, 1.165) is 0 Å². The topological polar surface area (TPSA) is 82.3 Å². The first kappa shape index (κ1) is 14.0. The van der Waals surface area contributed by atoms with Gasteiger partial charge in [0.1, 0.15) is 18.1 Å². The van der Waals surface area contributed by atoms with Crippen molar-refractivity contribution in [2.45, 2.75) is 6.61 Å². The maximum atomic E-state index is 10.9. The van der Waals surface area contributed by atoms with Crippen LogP contribution in [0.2, 0.25) is 5.02 Å². The van der Waals surface area contributed by atoms with Crippen molar-refractivity contribution in [2.75, 3.05) is 0 Å². The Morgan fingerprint density at radius 1 is 1.35 bits per heavy atom. The molecule has 6 nitrogen and oxygen atoms in total. The summed E-state index contributed by atoms with van der Waals surface area (Å²) in [6.45, 7) is -0.0574. The van der Waals surface area contributed by atoms with Gasteiger partial charge in [0.05, 0.1) is 21.7 Å². The van der Waals surface area contributed by atoms with E-state index >= 15 is 0 Å². The number of hydrogen-bond acceptors (Lipinski definition) is 5. The molecular formula is C13H9ClN2O4. The van der Waals surface area contributed by atoms with Crippen LogP contribution in [-0.2, 0) is 6.61 Å². The van der Waals surface area contributed by atoms with E-state index in [-0.39, 0.29) is 23.0 Å². The molecule has 20 heavy (non-hydrogen) atoms. The summed E-state index contributed by atoms with van der Waals surface area (Å²) in [4.78, 5) is 24.7. The fraction of sp³-hybridized carbons (Fsp3) is 0.0769. The minimum Gasteiger partial charge on any atom is -0.487 e. The lowest BCUT2D eigenvalue weighted by molar-refractivity contribution is -0.385. The normalized spacial score (nSPS) is 10.1. The Morgan fingerprint density at radius 3 is 2.75 bits per heavy atom. The number of benzene rings is 1. The van der Waals surface area contributed by atoms with Gasteiger partial charge in [0.15, 0.2) is 6.29 Å². The number of pyridine rings is 1. The molecule has 0 saturated carbocycles. The minimum absolute atomic E-state index is 0.0574. The maximum absolute atomic E-state index is 10.9. The highest BCUT2D eigenvalue weighted by molar-refractivity contribution is 6.31. The Bertz CT molecular complexity index is 643. The van der Waals surface area contributed by atoms with Crippen LogP contribution in [0.3, 0.4) is 0 Å². The van der Waals surface area contributed by atoms with Gasteiger partial charge in [0.25, 0.3) is 5.69 Å². The van der Waals surface area contributed by atoms with Crippen molar-refractivity contribution >= 4 is 23.6 Å². The number of carbonyl (C=O) groups is 1. The van der Waals surface area contributed by atoms with Crippen LogP contribution in [0.25, 0.3) is 0 Å². The van der Waals surface area contributed by atoms with E-state index in [1.54, 1.807) is 12.1 Å². The molecule has 0 fully saturated rings. The predicted molar refractivity (Wildman–Crippen MR) is 72.1 cm³/mol. The number of aromatic nitrogens is 1. The van der Waals surface area contributed by atoms with Gasteiger partial charge in [-0.05, 0) is 18.2 Å². The van der Waals surface area contributed by atoms with E-state index in [4.69, 9.17) is 16.3 Å². The number of ether oxygens (including phenoxy) is 1. The molecule has 0 aliphatic carbocycles. The first-order valence-electron chi connectivity index (χ1n) is 5.57. The Hall–Kier alpha value is -2.47. The second-order valence-corrected chi connectivity index (χ2v) is 4.23. The number of carbonyl (C=O) groups excluding carboxylic acids is 1. The van der Waals surface area contributed by atoms with Gasteiger partial charge in [-0.25, -0.2) is 4.98 Å². The molecule has 1 aromatic carbocycles. The predicted octanol–water partition coefficient (Wildman–Crippen LogP) is 3.03. The summed E-state index contributed by atoms with van der Waals surface area (Å²) in [5, 5.41) is 11.2. The third-order valence-corrected chi connectivity index (χ3v) is 2.91. The molecule has 1 aromatic heterocycles. The molecule has 0 amide bonds. The van der Waals surface area contributed by atoms with Crippen molar-refractivity contribution in [1.29, 1.82) is 0 Å².